The van der Waals surface area contributed by atoms with Crippen LogP contribution in [0, 0.1) is 0 Å². The first-order chi connectivity index (χ1) is 11.2. The Balaban J connectivity index is 1.89. The average molecular weight is 320 g/mol. The van der Waals surface area contributed by atoms with Crippen molar-refractivity contribution < 1.29 is 0 Å². The molecule has 1 aliphatic rings. The van der Waals surface area contributed by atoms with Gasteiger partial charge in [0.05, 0.1) is 10.9 Å². The summed E-state index contributed by atoms with van der Waals surface area (Å²) in [6.07, 6.45) is 0. The van der Waals surface area contributed by atoms with Crippen LogP contribution in [0.4, 0.5) is 0 Å². The molecule has 4 rings (SSSR count). The molecule has 2 heterocycles. The Bertz CT molecular complexity index is 821. The van der Waals surface area contributed by atoms with E-state index in [1.54, 1.807) is 0 Å². The van der Waals surface area contributed by atoms with E-state index in [0.717, 1.165) is 6.54 Å². The molecule has 0 amide bonds. The molecule has 1 aliphatic heterocycles. The Labute approximate surface area is 141 Å². The highest BCUT2D eigenvalue weighted by atomic mass is 32.2. The lowest BCUT2D eigenvalue weighted by molar-refractivity contribution is 0.393. The largest absolute Gasteiger partial charge is 0.314 e. The molecule has 0 fully saturated rings. The molecule has 2 nitrogen and oxygen atoms in total. The molecule has 0 N–H and O–H groups in total. The van der Waals surface area contributed by atoms with Crippen LogP contribution in [0.15, 0.2) is 71.6 Å². The fourth-order valence-electron chi connectivity index (χ4n) is 3.24. The zero-order valence-corrected chi connectivity index (χ0v) is 14.3. The van der Waals surface area contributed by atoms with Crippen molar-refractivity contribution in [1.82, 2.24) is 9.47 Å². The van der Waals surface area contributed by atoms with Gasteiger partial charge in [-0.3, -0.25) is 0 Å². The van der Waals surface area contributed by atoms with Gasteiger partial charge < -0.3 is 9.47 Å². The first-order valence-electron chi connectivity index (χ1n) is 7.90. The van der Waals surface area contributed by atoms with Crippen LogP contribution in [0.1, 0.15) is 22.2 Å². The van der Waals surface area contributed by atoms with Crippen molar-refractivity contribution in [3.63, 3.8) is 0 Å². The zero-order valence-electron chi connectivity index (χ0n) is 13.4. The number of hydrogen-bond acceptors (Lipinski definition) is 2. The summed E-state index contributed by atoms with van der Waals surface area (Å²) in [7, 11) is 4.25. The monoisotopic (exact) mass is 320 g/mol. The molecular weight excluding hydrogens is 300 g/mol. The molecule has 1 atom stereocenters. The maximum absolute atomic E-state index is 2.45. The summed E-state index contributed by atoms with van der Waals surface area (Å²) in [4.78, 5) is 3.58. The molecule has 23 heavy (non-hydrogen) atoms. The molecule has 0 unspecified atom stereocenters. The van der Waals surface area contributed by atoms with Gasteiger partial charge in [0.2, 0.25) is 0 Å². The van der Waals surface area contributed by atoms with Gasteiger partial charge in [-0.1, -0.05) is 42.5 Å². The minimum atomic E-state index is 0.349. The van der Waals surface area contributed by atoms with E-state index < -0.39 is 0 Å². The average Bonchev–Trinajstić information content (AvgIpc) is 2.98. The van der Waals surface area contributed by atoms with E-state index in [1.165, 1.54) is 27.5 Å². The van der Waals surface area contributed by atoms with E-state index in [0.29, 0.717) is 5.25 Å². The lowest BCUT2D eigenvalue weighted by Gasteiger charge is -2.29. The van der Waals surface area contributed by atoms with Crippen LogP contribution < -0.4 is 0 Å². The third-order valence-electron chi connectivity index (χ3n) is 4.19. The van der Waals surface area contributed by atoms with Gasteiger partial charge in [-0.2, -0.15) is 0 Å². The van der Waals surface area contributed by atoms with Gasteiger partial charge in [-0.05, 0) is 43.9 Å². The third kappa shape index (κ3) is 2.60. The van der Waals surface area contributed by atoms with Crippen LogP contribution in [-0.2, 0) is 6.54 Å². The Morgan fingerprint density at radius 3 is 2.43 bits per heavy atom. The minimum Gasteiger partial charge on any atom is -0.314 e. The molecule has 0 saturated heterocycles. The summed E-state index contributed by atoms with van der Waals surface area (Å²) >= 11 is 1.95. The second-order valence-corrected chi connectivity index (χ2v) is 7.35. The summed E-state index contributed by atoms with van der Waals surface area (Å²) in [5.41, 5.74) is 5.39. The zero-order chi connectivity index (χ0) is 15.8. The molecular formula is C20H20N2S. The summed E-state index contributed by atoms with van der Waals surface area (Å²) in [5, 5.41) is 0.349. The van der Waals surface area contributed by atoms with E-state index in [-0.39, 0.29) is 0 Å². The van der Waals surface area contributed by atoms with Crippen molar-refractivity contribution in [3.05, 3.63) is 83.7 Å². The van der Waals surface area contributed by atoms with E-state index in [1.807, 2.05) is 11.8 Å². The van der Waals surface area contributed by atoms with Crippen LogP contribution >= 0.6 is 11.8 Å². The van der Waals surface area contributed by atoms with Gasteiger partial charge in [0.15, 0.2) is 0 Å². The number of hydrogen-bond donors (Lipinski definition) is 0. The standard InChI is InChI=1S/C20H20N2S/c1-21(2)14-16-12-13-18-20(15-8-4-3-5-9-15)23-19-11-7-6-10-17(19)22(16)18/h3-13,20H,14H2,1-2H3/t20-/m1/s1. The molecule has 0 bridgehead atoms. The molecule has 0 spiro atoms. The normalized spacial score (nSPS) is 16.2. The third-order valence-corrected chi connectivity index (χ3v) is 5.54. The summed E-state index contributed by atoms with van der Waals surface area (Å²) in [6.45, 7) is 0.945. The topological polar surface area (TPSA) is 8.17 Å². The van der Waals surface area contributed by atoms with Crippen molar-refractivity contribution in [1.29, 1.82) is 0 Å². The molecule has 0 saturated carbocycles. The summed E-state index contributed by atoms with van der Waals surface area (Å²) < 4.78 is 2.45. The van der Waals surface area contributed by atoms with Crippen LogP contribution in [0.3, 0.4) is 0 Å². The number of benzene rings is 2. The fraction of sp³-hybridized carbons (Fsp3) is 0.200. The SMILES string of the molecule is CN(C)Cc1ccc2n1-c1ccccc1S[C@@H]2c1ccccc1. The maximum atomic E-state index is 2.45. The highest BCUT2D eigenvalue weighted by Gasteiger charge is 2.28. The van der Waals surface area contributed by atoms with Crippen LogP contribution in [0.2, 0.25) is 0 Å². The van der Waals surface area contributed by atoms with Gasteiger partial charge in [-0.15, -0.1) is 11.8 Å². The second kappa shape index (κ2) is 5.91. The number of aromatic nitrogens is 1. The predicted molar refractivity (Wildman–Crippen MR) is 97.3 cm³/mol. The number of rotatable bonds is 3. The van der Waals surface area contributed by atoms with Gasteiger partial charge in [0.25, 0.3) is 0 Å². The molecule has 0 radical (unpaired) electrons. The van der Waals surface area contributed by atoms with E-state index >= 15 is 0 Å². The fourth-order valence-corrected chi connectivity index (χ4v) is 4.53. The first-order valence-corrected chi connectivity index (χ1v) is 8.78. The Kier molecular flexibility index (Phi) is 3.76. The first kappa shape index (κ1) is 14.6. The van der Waals surface area contributed by atoms with Crippen molar-refractivity contribution in [3.8, 4) is 5.69 Å². The van der Waals surface area contributed by atoms with Gasteiger partial charge in [-0.25, -0.2) is 0 Å². The molecule has 0 aliphatic carbocycles. The molecule has 1 aromatic heterocycles. The van der Waals surface area contributed by atoms with E-state index in [9.17, 15) is 0 Å². The van der Waals surface area contributed by atoms with Crippen molar-refractivity contribution in [2.24, 2.45) is 0 Å². The van der Waals surface area contributed by atoms with Crippen LogP contribution in [0.5, 0.6) is 0 Å². The van der Waals surface area contributed by atoms with Crippen LogP contribution in [-0.4, -0.2) is 23.6 Å². The number of para-hydroxylation sites is 1. The lowest BCUT2D eigenvalue weighted by atomic mass is 10.1. The Hall–Kier alpha value is -1.97. The molecule has 3 heteroatoms. The van der Waals surface area contributed by atoms with Crippen LogP contribution in [0.25, 0.3) is 5.69 Å². The number of thioether (sulfide) groups is 1. The lowest BCUT2D eigenvalue weighted by Crippen LogP contribution is -2.18. The number of nitrogens with zero attached hydrogens (tertiary/aromatic N) is 2. The predicted octanol–water partition coefficient (Wildman–Crippen LogP) is 4.73. The minimum absolute atomic E-state index is 0.349. The van der Waals surface area contributed by atoms with Gasteiger partial charge >= 0.3 is 0 Å². The van der Waals surface area contributed by atoms with Crippen molar-refractivity contribution in [2.75, 3.05) is 14.1 Å². The molecule has 2 aromatic carbocycles. The molecule has 116 valence electrons. The van der Waals surface area contributed by atoms with E-state index in [4.69, 9.17) is 0 Å². The van der Waals surface area contributed by atoms with Gasteiger partial charge in [0.1, 0.15) is 0 Å². The maximum Gasteiger partial charge on any atom is 0.0750 e. The smallest absolute Gasteiger partial charge is 0.0750 e. The highest BCUT2D eigenvalue weighted by Crippen LogP contribution is 2.48. The number of fused-ring (bicyclic) bond motifs is 3. The van der Waals surface area contributed by atoms with Crippen molar-refractivity contribution >= 4 is 11.8 Å². The molecule has 3 aromatic rings. The second-order valence-electron chi connectivity index (χ2n) is 6.20. The van der Waals surface area contributed by atoms with Crippen molar-refractivity contribution in [2.45, 2.75) is 16.7 Å². The van der Waals surface area contributed by atoms with Gasteiger partial charge in [0, 0.05) is 22.8 Å². The highest BCUT2D eigenvalue weighted by molar-refractivity contribution is 8.00. The summed E-state index contributed by atoms with van der Waals surface area (Å²) in [5.74, 6) is 0. The van der Waals surface area contributed by atoms with E-state index in [2.05, 4.69) is 90.3 Å². The summed E-state index contributed by atoms with van der Waals surface area (Å²) in [6, 6.07) is 24.1. The Morgan fingerprint density at radius 2 is 1.65 bits per heavy atom. The Morgan fingerprint density at radius 1 is 0.913 bits per heavy atom. The quantitative estimate of drug-likeness (QED) is 0.689.